The molecule has 0 spiro atoms. The molecule has 0 aliphatic carbocycles. The molecule has 0 unspecified atom stereocenters. The number of benzene rings is 1. The van der Waals surface area contributed by atoms with Crippen molar-refractivity contribution in [3.05, 3.63) is 34.6 Å². The Labute approximate surface area is 135 Å². The predicted molar refractivity (Wildman–Crippen MR) is 80.9 cm³/mol. The van der Waals surface area contributed by atoms with E-state index in [9.17, 15) is 9.59 Å². The Balaban J connectivity index is 1.90. The number of aromatic nitrogens is 4. The molecule has 2 aromatic rings. The highest BCUT2D eigenvalue weighted by Crippen LogP contribution is 2.23. The maximum atomic E-state index is 12.0. The number of ether oxygens (including phenoxy) is 1. The molecular weight excluding hydrogens is 354 g/mol. The third kappa shape index (κ3) is 4.35. The van der Waals surface area contributed by atoms with Gasteiger partial charge in [0.05, 0.1) is 5.69 Å². The average molecular weight is 368 g/mol. The van der Waals surface area contributed by atoms with Crippen LogP contribution in [0.15, 0.2) is 29.0 Å². The first-order valence-corrected chi connectivity index (χ1v) is 7.22. The van der Waals surface area contributed by atoms with Crippen LogP contribution in [-0.2, 0) is 20.9 Å². The Bertz CT molecular complexity index is 674. The summed E-state index contributed by atoms with van der Waals surface area (Å²) in [4.78, 5) is 23.7. The summed E-state index contributed by atoms with van der Waals surface area (Å²) < 4.78 is 7.01. The van der Waals surface area contributed by atoms with Gasteiger partial charge in [0.1, 0.15) is 12.9 Å². The van der Waals surface area contributed by atoms with Crippen molar-refractivity contribution in [3.8, 4) is 0 Å². The van der Waals surface area contributed by atoms with Crippen LogP contribution in [0.3, 0.4) is 0 Å². The number of halogens is 1. The van der Waals surface area contributed by atoms with Gasteiger partial charge in [-0.1, -0.05) is 6.07 Å². The number of carbonyl (C=O) groups excluding carboxylic acids is 2. The number of nitrogens with one attached hydrogen (secondary N) is 1. The van der Waals surface area contributed by atoms with Crippen LogP contribution in [-0.4, -0.2) is 38.2 Å². The zero-order valence-corrected chi connectivity index (χ0v) is 13.6. The minimum absolute atomic E-state index is 0.154. The highest BCUT2D eigenvalue weighted by atomic mass is 79.9. The van der Waals surface area contributed by atoms with Crippen molar-refractivity contribution in [3.63, 3.8) is 0 Å². The molecule has 0 aliphatic rings. The maximum Gasteiger partial charge on any atom is 0.328 e. The number of nitrogens with zero attached hydrogens (tertiary/aromatic N) is 4. The molecule has 1 aromatic heterocycles. The topological polar surface area (TPSA) is 99.0 Å². The van der Waals surface area contributed by atoms with Crippen LogP contribution in [0, 0.1) is 6.92 Å². The molecule has 1 amide bonds. The van der Waals surface area contributed by atoms with E-state index in [4.69, 9.17) is 4.74 Å². The van der Waals surface area contributed by atoms with Gasteiger partial charge in [-0.15, -0.1) is 5.10 Å². The summed E-state index contributed by atoms with van der Waals surface area (Å²) in [5, 5.41) is 13.0. The number of hydrogen-bond acceptors (Lipinski definition) is 6. The molecule has 1 N–H and O–H groups in total. The summed E-state index contributed by atoms with van der Waals surface area (Å²) in [6, 6.07) is 5.52. The van der Waals surface area contributed by atoms with Crippen molar-refractivity contribution in [2.75, 3.05) is 5.32 Å². The van der Waals surface area contributed by atoms with Gasteiger partial charge >= 0.3 is 5.97 Å². The van der Waals surface area contributed by atoms with E-state index in [1.54, 1.807) is 6.07 Å². The van der Waals surface area contributed by atoms with Crippen molar-refractivity contribution in [1.29, 1.82) is 0 Å². The van der Waals surface area contributed by atoms with E-state index in [2.05, 4.69) is 36.8 Å². The van der Waals surface area contributed by atoms with Gasteiger partial charge in [-0.2, -0.15) is 0 Å². The number of amides is 1. The lowest BCUT2D eigenvalue weighted by molar-refractivity contribution is -0.153. The molecule has 0 aliphatic heterocycles. The van der Waals surface area contributed by atoms with Crippen molar-refractivity contribution < 1.29 is 14.3 Å². The van der Waals surface area contributed by atoms with Gasteiger partial charge in [0.2, 0.25) is 0 Å². The molecule has 1 aromatic carbocycles. The van der Waals surface area contributed by atoms with Crippen LogP contribution >= 0.6 is 15.9 Å². The third-order valence-corrected chi connectivity index (χ3v) is 3.40. The van der Waals surface area contributed by atoms with Gasteiger partial charge in [-0.25, -0.2) is 4.68 Å². The summed E-state index contributed by atoms with van der Waals surface area (Å²) in [5.74, 6) is -1.02. The zero-order valence-electron chi connectivity index (χ0n) is 12.0. The molecule has 1 atom stereocenters. The molecule has 22 heavy (non-hydrogen) atoms. The monoisotopic (exact) mass is 367 g/mol. The Morgan fingerprint density at radius 2 is 2.23 bits per heavy atom. The van der Waals surface area contributed by atoms with Crippen molar-refractivity contribution in [2.24, 2.45) is 0 Å². The number of carbonyl (C=O) groups is 2. The number of rotatable bonds is 5. The summed E-state index contributed by atoms with van der Waals surface area (Å²) >= 11 is 3.37. The largest absolute Gasteiger partial charge is 0.451 e. The Morgan fingerprint density at radius 1 is 1.45 bits per heavy atom. The van der Waals surface area contributed by atoms with Gasteiger partial charge in [-0.05, 0) is 57.9 Å². The number of hydrogen-bond donors (Lipinski definition) is 1. The first-order chi connectivity index (χ1) is 10.5. The molecule has 2 rings (SSSR count). The minimum atomic E-state index is -0.933. The van der Waals surface area contributed by atoms with Crippen LogP contribution in [0.2, 0.25) is 0 Å². The fourth-order valence-electron chi connectivity index (χ4n) is 1.63. The summed E-state index contributed by atoms with van der Waals surface area (Å²) in [5.41, 5.74) is 1.67. The van der Waals surface area contributed by atoms with E-state index in [1.165, 1.54) is 17.9 Å². The molecule has 116 valence electrons. The number of anilines is 1. The quantitative estimate of drug-likeness (QED) is 0.799. The molecule has 0 fully saturated rings. The lowest BCUT2D eigenvalue weighted by atomic mass is 10.2. The predicted octanol–water partition coefficient (Wildman–Crippen LogP) is 1.31. The SMILES string of the molecule is Cc1ccc(NC(=O)[C@@H](C)OC(=O)Cn2cnnn2)c(Br)c1. The standard InChI is InChI=1S/C13H14BrN5O3/c1-8-3-4-11(10(14)5-8)16-13(21)9(2)22-12(20)6-19-7-15-17-18-19/h3-5,7,9H,6H2,1-2H3,(H,16,21)/t9-/m1/s1. The van der Waals surface area contributed by atoms with Crippen LogP contribution in [0.25, 0.3) is 0 Å². The second-order valence-corrected chi connectivity index (χ2v) is 5.47. The number of aryl methyl sites for hydroxylation is 1. The maximum absolute atomic E-state index is 12.0. The fraction of sp³-hybridized carbons (Fsp3) is 0.308. The highest BCUT2D eigenvalue weighted by Gasteiger charge is 2.19. The van der Waals surface area contributed by atoms with Crippen LogP contribution in [0.1, 0.15) is 12.5 Å². The molecule has 0 radical (unpaired) electrons. The Hall–Kier alpha value is -2.29. The minimum Gasteiger partial charge on any atom is -0.451 e. The highest BCUT2D eigenvalue weighted by molar-refractivity contribution is 9.10. The van der Waals surface area contributed by atoms with E-state index < -0.39 is 18.0 Å². The van der Waals surface area contributed by atoms with Crippen molar-refractivity contribution in [1.82, 2.24) is 20.2 Å². The fourth-order valence-corrected chi connectivity index (χ4v) is 2.22. The number of esters is 1. The number of tetrazole rings is 1. The molecule has 0 bridgehead atoms. The third-order valence-electron chi connectivity index (χ3n) is 2.74. The average Bonchev–Trinajstić information content (AvgIpc) is 2.94. The molecular formula is C13H14BrN5O3. The van der Waals surface area contributed by atoms with E-state index in [0.717, 1.165) is 10.0 Å². The van der Waals surface area contributed by atoms with E-state index in [0.29, 0.717) is 5.69 Å². The lowest BCUT2D eigenvalue weighted by Crippen LogP contribution is -2.31. The Morgan fingerprint density at radius 3 is 2.86 bits per heavy atom. The second kappa shape index (κ2) is 7.12. The summed E-state index contributed by atoms with van der Waals surface area (Å²) in [6.07, 6.45) is 0.354. The summed E-state index contributed by atoms with van der Waals surface area (Å²) in [7, 11) is 0. The van der Waals surface area contributed by atoms with Crippen molar-refractivity contribution >= 4 is 33.5 Å². The van der Waals surface area contributed by atoms with Crippen LogP contribution in [0.5, 0.6) is 0 Å². The Kier molecular flexibility index (Phi) is 5.21. The van der Waals surface area contributed by atoms with Gasteiger partial charge in [0.15, 0.2) is 6.10 Å². The van der Waals surface area contributed by atoms with E-state index >= 15 is 0 Å². The molecule has 0 saturated carbocycles. The lowest BCUT2D eigenvalue weighted by Gasteiger charge is -2.14. The van der Waals surface area contributed by atoms with Gasteiger partial charge in [-0.3, -0.25) is 9.59 Å². The van der Waals surface area contributed by atoms with Gasteiger partial charge in [0.25, 0.3) is 5.91 Å². The van der Waals surface area contributed by atoms with Crippen molar-refractivity contribution in [2.45, 2.75) is 26.5 Å². The second-order valence-electron chi connectivity index (χ2n) is 4.61. The molecule has 9 heteroatoms. The van der Waals surface area contributed by atoms with E-state index in [-0.39, 0.29) is 6.54 Å². The first kappa shape index (κ1) is 16.1. The normalized spacial score (nSPS) is 11.8. The molecule has 0 saturated heterocycles. The molecule has 8 nitrogen and oxygen atoms in total. The van der Waals surface area contributed by atoms with E-state index in [1.807, 2.05) is 19.1 Å². The zero-order chi connectivity index (χ0) is 16.1. The summed E-state index contributed by atoms with van der Waals surface area (Å²) in [6.45, 7) is 3.29. The van der Waals surface area contributed by atoms with Crippen LogP contribution < -0.4 is 5.32 Å². The van der Waals surface area contributed by atoms with Gasteiger partial charge < -0.3 is 10.1 Å². The van der Waals surface area contributed by atoms with Gasteiger partial charge in [0, 0.05) is 4.47 Å². The molecule has 1 heterocycles. The van der Waals surface area contributed by atoms with Crippen LogP contribution in [0.4, 0.5) is 5.69 Å². The first-order valence-electron chi connectivity index (χ1n) is 6.43. The smallest absolute Gasteiger partial charge is 0.328 e.